The summed E-state index contributed by atoms with van der Waals surface area (Å²) in [6.45, 7) is 7.10. The molecule has 3 N–H and O–H groups in total. The average Bonchev–Trinajstić information content (AvgIpc) is 2.84. The molecule has 23 heavy (non-hydrogen) atoms. The summed E-state index contributed by atoms with van der Waals surface area (Å²) >= 11 is 2.45. The molecule has 9 heteroatoms. The quantitative estimate of drug-likeness (QED) is 0.578. The largest absolute Gasteiger partial charge is 0.333 e. The summed E-state index contributed by atoms with van der Waals surface area (Å²) < 4.78 is 0. The SMILES string of the molecule is C[C@@H](Sc1nc2sccc2c(=O)[nH]1)C(=O)NC(=O)NC(C)(C)C. The molecule has 2 aromatic rings. The molecule has 2 rings (SSSR count). The molecule has 2 heterocycles. The third-order valence-electron chi connectivity index (χ3n) is 2.70. The number of rotatable bonds is 3. The fourth-order valence-electron chi connectivity index (χ4n) is 1.71. The van der Waals surface area contributed by atoms with Gasteiger partial charge in [0.15, 0.2) is 5.16 Å². The van der Waals surface area contributed by atoms with Crippen LogP contribution in [0.15, 0.2) is 21.4 Å². The predicted molar refractivity (Wildman–Crippen MR) is 92.0 cm³/mol. The number of aromatic nitrogens is 2. The minimum Gasteiger partial charge on any atom is -0.333 e. The smallest absolute Gasteiger partial charge is 0.321 e. The number of carbonyl (C=O) groups is 2. The Bertz CT molecular complexity index is 791. The van der Waals surface area contributed by atoms with Gasteiger partial charge in [-0.1, -0.05) is 11.8 Å². The van der Waals surface area contributed by atoms with Gasteiger partial charge in [0.25, 0.3) is 5.56 Å². The lowest BCUT2D eigenvalue weighted by Gasteiger charge is -2.21. The molecule has 0 aliphatic carbocycles. The van der Waals surface area contributed by atoms with E-state index in [1.54, 1.807) is 18.4 Å². The summed E-state index contributed by atoms with van der Waals surface area (Å²) in [6, 6.07) is 1.15. The van der Waals surface area contributed by atoms with Crippen LogP contribution in [0.4, 0.5) is 4.79 Å². The minimum absolute atomic E-state index is 0.239. The van der Waals surface area contributed by atoms with Crippen molar-refractivity contribution >= 4 is 45.3 Å². The van der Waals surface area contributed by atoms with Crippen LogP contribution < -0.4 is 16.2 Å². The van der Waals surface area contributed by atoms with Crippen LogP contribution in [0.5, 0.6) is 0 Å². The molecular formula is C14H18N4O3S2. The monoisotopic (exact) mass is 354 g/mol. The van der Waals surface area contributed by atoms with Crippen molar-refractivity contribution in [2.24, 2.45) is 0 Å². The number of H-pyrrole nitrogens is 1. The molecule has 2 aromatic heterocycles. The average molecular weight is 354 g/mol. The molecule has 0 bridgehead atoms. The summed E-state index contributed by atoms with van der Waals surface area (Å²) in [7, 11) is 0. The Balaban J connectivity index is 2.02. The standard InChI is InChI=1S/C14H18N4O3S2/c1-7(9(19)15-12(21)18-14(2,3)4)23-13-16-10(20)8-5-6-22-11(8)17-13/h5-7H,1-4H3,(H,16,17,20)(H2,15,18,19,21)/t7-/m1/s1. The number of nitrogens with zero attached hydrogens (tertiary/aromatic N) is 1. The first-order valence-electron chi connectivity index (χ1n) is 6.93. The summed E-state index contributed by atoms with van der Waals surface area (Å²) in [5, 5.41) is 7.01. The first-order valence-corrected chi connectivity index (χ1v) is 8.69. The summed E-state index contributed by atoms with van der Waals surface area (Å²) in [5.74, 6) is -0.453. The van der Waals surface area contributed by atoms with Gasteiger partial charge in [0, 0.05) is 5.54 Å². The molecule has 0 saturated heterocycles. The maximum atomic E-state index is 12.0. The fourth-order valence-corrected chi connectivity index (χ4v) is 3.33. The van der Waals surface area contributed by atoms with Gasteiger partial charge in [0.1, 0.15) is 4.83 Å². The van der Waals surface area contributed by atoms with E-state index in [0.717, 1.165) is 11.8 Å². The highest BCUT2D eigenvalue weighted by molar-refractivity contribution is 8.00. The molecule has 0 aromatic carbocycles. The van der Waals surface area contributed by atoms with E-state index in [4.69, 9.17) is 0 Å². The number of nitrogens with one attached hydrogen (secondary N) is 3. The van der Waals surface area contributed by atoms with E-state index in [-0.39, 0.29) is 5.56 Å². The Hall–Kier alpha value is -1.87. The highest BCUT2D eigenvalue weighted by atomic mass is 32.2. The number of fused-ring (bicyclic) bond motifs is 1. The number of amides is 3. The molecule has 0 spiro atoms. The highest BCUT2D eigenvalue weighted by Gasteiger charge is 2.21. The lowest BCUT2D eigenvalue weighted by Crippen LogP contribution is -2.49. The zero-order chi connectivity index (χ0) is 17.2. The molecule has 0 aliphatic rings. The Morgan fingerprint density at radius 2 is 2.09 bits per heavy atom. The van der Waals surface area contributed by atoms with Crippen LogP contribution in [0.3, 0.4) is 0 Å². The first-order chi connectivity index (χ1) is 10.7. The van der Waals surface area contributed by atoms with Crippen LogP contribution in [0, 0.1) is 0 Å². The van der Waals surface area contributed by atoms with Crippen molar-refractivity contribution in [2.75, 3.05) is 0 Å². The second kappa shape index (κ2) is 6.71. The van der Waals surface area contributed by atoms with Crippen molar-refractivity contribution in [3.8, 4) is 0 Å². The van der Waals surface area contributed by atoms with Crippen molar-refractivity contribution < 1.29 is 9.59 Å². The number of urea groups is 1. The molecule has 7 nitrogen and oxygen atoms in total. The topological polar surface area (TPSA) is 104 Å². The Morgan fingerprint density at radius 1 is 1.39 bits per heavy atom. The molecule has 0 unspecified atom stereocenters. The van der Waals surface area contributed by atoms with E-state index < -0.39 is 22.7 Å². The second-order valence-electron chi connectivity index (χ2n) is 5.96. The van der Waals surface area contributed by atoms with Crippen LogP contribution >= 0.6 is 23.1 Å². The van der Waals surface area contributed by atoms with Crippen molar-refractivity contribution in [3.05, 3.63) is 21.8 Å². The minimum atomic E-state index is -0.582. The lowest BCUT2D eigenvalue weighted by molar-refractivity contribution is -0.119. The van der Waals surface area contributed by atoms with Gasteiger partial charge < -0.3 is 10.3 Å². The Kier molecular flexibility index (Phi) is 5.10. The van der Waals surface area contributed by atoms with Crippen LogP contribution in [0.25, 0.3) is 10.2 Å². The fraction of sp³-hybridized carbons (Fsp3) is 0.429. The van der Waals surface area contributed by atoms with E-state index in [9.17, 15) is 14.4 Å². The van der Waals surface area contributed by atoms with Gasteiger partial charge >= 0.3 is 6.03 Å². The van der Waals surface area contributed by atoms with Gasteiger partial charge in [0.2, 0.25) is 5.91 Å². The zero-order valence-electron chi connectivity index (χ0n) is 13.2. The zero-order valence-corrected chi connectivity index (χ0v) is 14.9. The molecule has 124 valence electrons. The van der Waals surface area contributed by atoms with Crippen LogP contribution in [-0.4, -0.2) is 32.7 Å². The Morgan fingerprint density at radius 3 is 2.74 bits per heavy atom. The number of aromatic amines is 1. The van der Waals surface area contributed by atoms with Crippen molar-refractivity contribution in [2.45, 2.75) is 43.6 Å². The predicted octanol–water partition coefficient (Wildman–Crippen LogP) is 2.09. The van der Waals surface area contributed by atoms with E-state index >= 15 is 0 Å². The van der Waals surface area contributed by atoms with Gasteiger partial charge in [-0.05, 0) is 39.1 Å². The lowest BCUT2D eigenvalue weighted by atomic mass is 10.1. The van der Waals surface area contributed by atoms with Gasteiger partial charge in [0.05, 0.1) is 10.6 Å². The molecular weight excluding hydrogens is 336 g/mol. The normalized spacial score (nSPS) is 12.9. The first kappa shape index (κ1) is 17.5. The number of carbonyl (C=O) groups excluding carboxylic acids is 2. The molecule has 0 aliphatic heterocycles. The molecule has 1 atom stereocenters. The maximum absolute atomic E-state index is 12.0. The third kappa shape index (κ3) is 4.80. The second-order valence-corrected chi connectivity index (χ2v) is 8.19. The van der Waals surface area contributed by atoms with Gasteiger partial charge in [-0.3, -0.25) is 14.9 Å². The van der Waals surface area contributed by atoms with Gasteiger partial charge in [-0.2, -0.15) is 0 Å². The highest BCUT2D eigenvalue weighted by Crippen LogP contribution is 2.22. The number of hydrogen-bond acceptors (Lipinski definition) is 6. The number of thiophene rings is 1. The summed E-state index contributed by atoms with van der Waals surface area (Å²) in [4.78, 5) is 43.2. The Labute approximate surface area is 141 Å². The third-order valence-corrected chi connectivity index (χ3v) is 4.49. The van der Waals surface area contributed by atoms with Crippen molar-refractivity contribution in [1.29, 1.82) is 0 Å². The van der Waals surface area contributed by atoms with Gasteiger partial charge in [-0.15, -0.1) is 11.3 Å². The van der Waals surface area contributed by atoms with Crippen LogP contribution in [0.2, 0.25) is 0 Å². The van der Waals surface area contributed by atoms with Crippen LogP contribution in [0.1, 0.15) is 27.7 Å². The number of imide groups is 1. The van der Waals surface area contributed by atoms with Crippen LogP contribution in [-0.2, 0) is 4.79 Å². The molecule has 0 radical (unpaired) electrons. The molecule has 3 amide bonds. The van der Waals surface area contributed by atoms with E-state index in [1.165, 1.54) is 11.3 Å². The summed E-state index contributed by atoms with van der Waals surface area (Å²) in [5.41, 5.74) is -0.672. The number of thioether (sulfide) groups is 1. The van der Waals surface area contributed by atoms with E-state index in [1.807, 2.05) is 20.8 Å². The van der Waals surface area contributed by atoms with Gasteiger partial charge in [-0.25, -0.2) is 9.78 Å². The molecule has 0 saturated carbocycles. The van der Waals surface area contributed by atoms with E-state index in [2.05, 4.69) is 20.6 Å². The number of hydrogen-bond donors (Lipinski definition) is 3. The van der Waals surface area contributed by atoms with E-state index in [0.29, 0.717) is 15.4 Å². The maximum Gasteiger partial charge on any atom is 0.321 e. The summed E-state index contributed by atoms with van der Waals surface area (Å²) in [6.07, 6.45) is 0. The molecule has 0 fully saturated rings. The van der Waals surface area contributed by atoms with Crippen molar-refractivity contribution in [3.63, 3.8) is 0 Å². The van der Waals surface area contributed by atoms with Crippen molar-refractivity contribution in [1.82, 2.24) is 20.6 Å².